The van der Waals surface area contributed by atoms with Crippen molar-refractivity contribution in [2.75, 3.05) is 0 Å². The predicted octanol–water partition coefficient (Wildman–Crippen LogP) is 5.62. The lowest BCUT2D eigenvalue weighted by Gasteiger charge is -2.13. The zero-order valence-electron chi connectivity index (χ0n) is 13.3. The van der Waals surface area contributed by atoms with Crippen LogP contribution in [0.2, 0.25) is 0 Å². The second-order valence-electron chi connectivity index (χ2n) is 5.73. The third kappa shape index (κ3) is 2.33. The van der Waals surface area contributed by atoms with Crippen LogP contribution in [-0.4, -0.2) is 5.97 Å². The maximum Gasteiger partial charge on any atom is 0.336 e. The molecule has 2 heteroatoms. The van der Waals surface area contributed by atoms with Gasteiger partial charge >= 0.3 is 5.97 Å². The minimum atomic E-state index is -0.372. The minimum absolute atomic E-state index is 0.372. The first-order chi connectivity index (χ1) is 11.8. The first kappa shape index (κ1) is 14.5. The summed E-state index contributed by atoms with van der Waals surface area (Å²) >= 11 is 0. The molecular weight excluding hydrogens is 296 g/mol. The SMILES string of the molecule is C/C=C/C=C/C(=O)Oc1ccc2ccc3cccc4ccc1c2c34. The first-order valence-electron chi connectivity index (χ1n) is 7.95. The molecule has 116 valence electrons. The molecule has 0 aliphatic carbocycles. The molecule has 0 aliphatic heterocycles. The molecule has 0 amide bonds. The molecule has 0 bridgehead atoms. The highest BCUT2D eigenvalue weighted by Gasteiger charge is 2.12. The Balaban J connectivity index is 1.89. The normalized spacial score (nSPS) is 12.2. The molecule has 2 nitrogen and oxygen atoms in total. The molecule has 0 fully saturated rings. The van der Waals surface area contributed by atoms with E-state index in [2.05, 4.69) is 36.4 Å². The van der Waals surface area contributed by atoms with E-state index < -0.39 is 0 Å². The topological polar surface area (TPSA) is 26.3 Å². The maximum atomic E-state index is 12.0. The van der Waals surface area contributed by atoms with Gasteiger partial charge in [-0.2, -0.15) is 0 Å². The van der Waals surface area contributed by atoms with Gasteiger partial charge < -0.3 is 4.74 Å². The maximum absolute atomic E-state index is 12.0. The van der Waals surface area contributed by atoms with Gasteiger partial charge in [0.2, 0.25) is 0 Å². The van der Waals surface area contributed by atoms with E-state index in [1.807, 2.05) is 31.2 Å². The molecule has 24 heavy (non-hydrogen) atoms. The number of hydrogen-bond acceptors (Lipinski definition) is 2. The van der Waals surface area contributed by atoms with Crippen LogP contribution in [0.5, 0.6) is 5.75 Å². The van der Waals surface area contributed by atoms with Crippen molar-refractivity contribution in [2.45, 2.75) is 6.92 Å². The van der Waals surface area contributed by atoms with E-state index in [1.165, 1.54) is 22.2 Å². The van der Waals surface area contributed by atoms with Crippen molar-refractivity contribution in [3.05, 3.63) is 78.9 Å². The highest BCUT2D eigenvalue weighted by atomic mass is 16.5. The van der Waals surface area contributed by atoms with Gasteiger partial charge in [0.15, 0.2) is 0 Å². The van der Waals surface area contributed by atoms with Crippen LogP contribution in [0.3, 0.4) is 0 Å². The Bertz CT molecular complexity index is 1090. The molecule has 4 rings (SSSR count). The monoisotopic (exact) mass is 312 g/mol. The Morgan fingerprint density at radius 2 is 1.50 bits per heavy atom. The van der Waals surface area contributed by atoms with Crippen LogP contribution in [0.1, 0.15) is 6.92 Å². The fraction of sp³-hybridized carbons (Fsp3) is 0.0455. The summed E-state index contributed by atoms with van der Waals surface area (Å²) in [4.78, 5) is 12.0. The number of hydrogen-bond donors (Lipinski definition) is 0. The minimum Gasteiger partial charge on any atom is -0.423 e. The van der Waals surface area contributed by atoms with E-state index in [9.17, 15) is 4.79 Å². The summed E-state index contributed by atoms with van der Waals surface area (Å²) in [6.07, 6.45) is 6.77. The Kier molecular flexibility index (Phi) is 3.51. The number of carbonyl (C=O) groups is 1. The van der Waals surface area contributed by atoms with Gasteiger partial charge in [-0.3, -0.25) is 0 Å². The summed E-state index contributed by atoms with van der Waals surface area (Å²) in [5, 5.41) is 6.87. The second-order valence-corrected chi connectivity index (χ2v) is 5.73. The predicted molar refractivity (Wildman–Crippen MR) is 99.7 cm³/mol. The van der Waals surface area contributed by atoms with Crippen molar-refractivity contribution in [3.8, 4) is 5.75 Å². The van der Waals surface area contributed by atoms with Gasteiger partial charge in [0, 0.05) is 16.8 Å². The number of ether oxygens (including phenoxy) is 1. The van der Waals surface area contributed by atoms with Gasteiger partial charge in [-0.25, -0.2) is 4.79 Å². The smallest absolute Gasteiger partial charge is 0.336 e. The molecule has 0 saturated carbocycles. The van der Waals surface area contributed by atoms with Gasteiger partial charge in [0.05, 0.1) is 0 Å². The van der Waals surface area contributed by atoms with Gasteiger partial charge in [-0.1, -0.05) is 60.7 Å². The summed E-state index contributed by atoms with van der Waals surface area (Å²) in [5.74, 6) is 0.221. The molecular formula is C22H16O2. The average molecular weight is 312 g/mol. The zero-order valence-corrected chi connectivity index (χ0v) is 13.3. The van der Waals surface area contributed by atoms with Crippen molar-refractivity contribution in [1.82, 2.24) is 0 Å². The van der Waals surface area contributed by atoms with Crippen LogP contribution in [0, 0.1) is 0 Å². The van der Waals surface area contributed by atoms with Gasteiger partial charge in [0.25, 0.3) is 0 Å². The van der Waals surface area contributed by atoms with Crippen molar-refractivity contribution < 1.29 is 9.53 Å². The number of rotatable bonds is 3. The number of carbonyl (C=O) groups excluding carboxylic acids is 1. The fourth-order valence-electron chi connectivity index (χ4n) is 3.19. The van der Waals surface area contributed by atoms with Crippen molar-refractivity contribution >= 4 is 38.3 Å². The highest BCUT2D eigenvalue weighted by molar-refractivity contribution is 6.24. The van der Waals surface area contributed by atoms with Crippen LogP contribution >= 0.6 is 0 Å². The van der Waals surface area contributed by atoms with E-state index in [0.29, 0.717) is 5.75 Å². The molecule has 0 aliphatic rings. The molecule has 0 spiro atoms. The highest BCUT2D eigenvalue weighted by Crippen LogP contribution is 2.38. The molecule has 0 heterocycles. The largest absolute Gasteiger partial charge is 0.423 e. The van der Waals surface area contributed by atoms with Gasteiger partial charge in [-0.15, -0.1) is 0 Å². The molecule has 4 aromatic carbocycles. The Morgan fingerprint density at radius 1 is 0.833 bits per heavy atom. The third-order valence-corrected chi connectivity index (χ3v) is 4.24. The van der Waals surface area contributed by atoms with E-state index in [1.54, 1.807) is 12.2 Å². The Labute approximate surface area is 140 Å². The van der Waals surface area contributed by atoms with E-state index in [4.69, 9.17) is 4.74 Å². The van der Waals surface area contributed by atoms with Crippen LogP contribution in [0.15, 0.2) is 78.9 Å². The third-order valence-electron chi connectivity index (χ3n) is 4.24. The summed E-state index contributed by atoms with van der Waals surface area (Å²) < 4.78 is 5.56. The molecule has 0 saturated heterocycles. The van der Waals surface area contributed by atoms with E-state index in [-0.39, 0.29) is 5.97 Å². The lowest BCUT2D eigenvalue weighted by atomic mass is 9.94. The molecule has 0 unspecified atom stereocenters. The summed E-state index contributed by atoms with van der Waals surface area (Å²) in [6.45, 7) is 1.90. The van der Waals surface area contributed by atoms with Crippen molar-refractivity contribution in [1.29, 1.82) is 0 Å². The zero-order chi connectivity index (χ0) is 16.5. The molecule has 0 atom stereocenters. The number of benzene rings is 4. The van der Waals surface area contributed by atoms with E-state index in [0.717, 1.165) is 16.2 Å². The average Bonchev–Trinajstić information content (AvgIpc) is 2.61. The summed E-state index contributed by atoms with van der Waals surface area (Å²) in [7, 11) is 0. The van der Waals surface area contributed by atoms with E-state index >= 15 is 0 Å². The lowest BCUT2D eigenvalue weighted by Crippen LogP contribution is -2.04. The van der Waals surface area contributed by atoms with Crippen LogP contribution < -0.4 is 4.74 Å². The van der Waals surface area contributed by atoms with Crippen molar-refractivity contribution in [2.24, 2.45) is 0 Å². The van der Waals surface area contributed by atoms with Crippen molar-refractivity contribution in [3.63, 3.8) is 0 Å². The quantitative estimate of drug-likeness (QED) is 0.161. The van der Waals surface area contributed by atoms with Gasteiger partial charge in [0.1, 0.15) is 5.75 Å². The number of esters is 1. The molecule has 4 aromatic rings. The summed E-state index contributed by atoms with van der Waals surface area (Å²) in [6, 6.07) is 18.5. The lowest BCUT2D eigenvalue weighted by molar-refractivity contribution is -0.128. The van der Waals surface area contributed by atoms with Gasteiger partial charge in [-0.05, 0) is 40.6 Å². The summed E-state index contributed by atoms with van der Waals surface area (Å²) in [5.41, 5.74) is 0. The number of allylic oxidation sites excluding steroid dienone is 3. The van der Waals surface area contributed by atoms with Crippen LogP contribution in [-0.2, 0) is 4.79 Å². The van der Waals surface area contributed by atoms with Crippen LogP contribution in [0.25, 0.3) is 32.3 Å². The Hall–Kier alpha value is -3.13. The first-order valence-corrected chi connectivity index (χ1v) is 7.95. The molecule has 0 radical (unpaired) electrons. The molecule has 0 N–H and O–H groups in total. The Morgan fingerprint density at radius 3 is 2.25 bits per heavy atom. The fourth-order valence-corrected chi connectivity index (χ4v) is 3.19. The second kappa shape index (κ2) is 5.82. The standard InChI is InChI=1S/C22H16O2/c1-2-3-4-8-20(23)24-19-14-12-17-10-9-15-6-5-7-16-11-13-18(19)22(17)21(15)16/h2-14H,1H3/b3-2+,8-4+. The van der Waals surface area contributed by atoms with Crippen LogP contribution in [0.4, 0.5) is 0 Å². The molecule has 0 aromatic heterocycles.